The van der Waals surface area contributed by atoms with Crippen LogP contribution in [0.4, 0.5) is 4.39 Å². The minimum absolute atomic E-state index is 0.0286. The third-order valence-electron chi connectivity index (χ3n) is 3.22. The highest BCUT2D eigenvalue weighted by Crippen LogP contribution is 2.36. The van der Waals surface area contributed by atoms with Crippen molar-refractivity contribution in [1.29, 1.82) is 0 Å². The second kappa shape index (κ2) is 4.19. The Labute approximate surface area is 89.2 Å². The van der Waals surface area contributed by atoms with Crippen molar-refractivity contribution < 1.29 is 9.13 Å². The number of benzene rings is 1. The number of hydrogen-bond acceptors (Lipinski definition) is 2. The second-order valence-electron chi connectivity index (χ2n) is 4.11. The molecule has 1 aromatic carbocycles. The molecular weight excluding hydrogens is 193 g/mol. The van der Waals surface area contributed by atoms with E-state index in [1.165, 1.54) is 19.6 Å². The minimum Gasteiger partial charge on any atom is -0.494 e. The van der Waals surface area contributed by atoms with Gasteiger partial charge >= 0.3 is 0 Å². The number of methoxy groups -OCH3 is 1. The minimum atomic E-state index is -0.329. The molecule has 15 heavy (non-hydrogen) atoms. The summed E-state index contributed by atoms with van der Waals surface area (Å²) in [7, 11) is 1.46. The molecule has 2 N–H and O–H groups in total. The maximum atomic E-state index is 13.4. The molecule has 0 aromatic heterocycles. The van der Waals surface area contributed by atoms with Crippen molar-refractivity contribution in [2.24, 2.45) is 11.7 Å². The topological polar surface area (TPSA) is 35.2 Å². The molecular formula is C12H16FNO. The van der Waals surface area contributed by atoms with E-state index >= 15 is 0 Å². The number of rotatable bonds is 3. The lowest BCUT2D eigenvalue weighted by molar-refractivity contribution is 0.263. The molecule has 2 nitrogen and oxygen atoms in total. The molecule has 2 rings (SSSR count). The summed E-state index contributed by atoms with van der Waals surface area (Å²) in [6.07, 6.45) is 3.57. The first-order valence-electron chi connectivity index (χ1n) is 5.31. The standard InChI is InChI=1S/C12H16FNO/c1-15-11-6-5-9(7-10(11)13)12(14)8-3-2-4-8/h5-8,12H,2-4,14H2,1H3/t12-/m1/s1. The van der Waals surface area contributed by atoms with Crippen LogP contribution in [0.5, 0.6) is 5.75 Å². The van der Waals surface area contributed by atoms with Gasteiger partial charge in [-0.1, -0.05) is 12.5 Å². The summed E-state index contributed by atoms with van der Waals surface area (Å²) >= 11 is 0. The van der Waals surface area contributed by atoms with Crippen molar-refractivity contribution in [2.75, 3.05) is 7.11 Å². The summed E-state index contributed by atoms with van der Waals surface area (Å²) in [5, 5.41) is 0. The van der Waals surface area contributed by atoms with E-state index < -0.39 is 0 Å². The molecule has 1 atom stereocenters. The van der Waals surface area contributed by atoms with E-state index in [2.05, 4.69) is 0 Å². The SMILES string of the molecule is COc1ccc([C@H](N)C2CCC2)cc1F. The Kier molecular flexibility index (Phi) is 2.91. The summed E-state index contributed by atoms with van der Waals surface area (Å²) in [6.45, 7) is 0. The van der Waals surface area contributed by atoms with Crippen LogP contribution >= 0.6 is 0 Å². The molecule has 1 aliphatic carbocycles. The average Bonchev–Trinajstić information content (AvgIpc) is 2.15. The molecule has 0 unspecified atom stereocenters. The largest absolute Gasteiger partial charge is 0.494 e. The highest BCUT2D eigenvalue weighted by Gasteiger charge is 2.25. The highest BCUT2D eigenvalue weighted by atomic mass is 19.1. The summed E-state index contributed by atoms with van der Waals surface area (Å²) in [6, 6.07) is 4.95. The van der Waals surface area contributed by atoms with Gasteiger partial charge in [-0.15, -0.1) is 0 Å². The normalized spacial score (nSPS) is 18.3. The Hall–Kier alpha value is -1.09. The molecule has 0 radical (unpaired) electrons. The Balaban J connectivity index is 2.17. The van der Waals surface area contributed by atoms with Crippen LogP contribution < -0.4 is 10.5 Å². The molecule has 82 valence electrons. The zero-order chi connectivity index (χ0) is 10.8. The molecule has 1 fully saturated rings. The van der Waals surface area contributed by atoms with Crippen molar-refractivity contribution >= 4 is 0 Å². The quantitative estimate of drug-likeness (QED) is 0.830. The van der Waals surface area contributed by atoms with Crippen LogP contribution in [0.1, 0.15) is 30.9 Å². The lowest BCUT2D eigenvalue weighted by Gasteiger charge is -2.31. The van der Waals surface area contributed by atoms with Crippen LogP contribution in [0.3, 0.4) is 0 Å². The van der Waals surface area contributed by atoms with E-state index in [9.17, 15) is 4.39 Å². The van der Waals surface area contributed by atoms with Gasteiger partial charge in [-0.3, -0.25) is 0 Å². The van der Waals surface area contributed by atoms with Crippen molar-refractivity contribution in [3.05, 3.63) is 29.6 Å². The van der Waals surface area contributed by atoms with Crippen LogP contribution in [-0.2, 0) is 0 Å². The predicted molar refractivity (Wildman–Crippen MR) is 57.2 cm³/mol. The van der Waals surface area contributed by atoms with Gasteiger partial charge in [0.1, 0.15) is 0 Å². The van der Waals surface area contributed by atoms with E-state index in [1.807, 2.05) is 6.07 Å². The number of hydrogen-bond donors (Lipinski definition) is 1. The number of nitrogens with two attached hydrogens (primary N) is 1. The van der Waals surface area contributed by atoms with Gasteiger partial charge in [-0.25, -0.2) is 4.39 Å². The first-order valence-corrected chi connectivity index (χ1v) is 5.31. The fraction of sp³-hybridized carbons (Fsp3) is 0.500. The van der Waals surface area contributed by atoms with Gasteiger partial charge in [0.2, 0.25) is 0 Å². The Morgan fingerprint density at radius 3 is 2.67 bits per heavy atom. The number of halogens is 1. The van der Waals surface area contributed by atoms with Gasteiger partial charge in [0.25, 0.3) is 0 Å². The fourth-order valence-corrected chi connectivity index (χ4v) is 1.96. The van der Waals surface area contributed by atoms with Crippen molar-refractivity contribution in [2.45, 2.75) is 25.3 Å². The third kappa shape index (κ3) is 1.97. The van der Waals surface area contributed by atoms with Crippen molar-refractivity contribution in [1.82, 2.24) is 0 Å². The van der Waals surface area contributed by atoms with Crippen LogP contribution in [0.15, 0.2) is 18.2 Å². The maximum Gasteiger partial charge on any atom is 0.165 e. The predicted octanol–water partition coefficient (Wildman–Crippen LogP) is 2.63. The summed E-state index contributed by atoms with van der Waals surface area (Å²) in [4.78, 5) is 0. The van der Waals surface area contributed by atoms with E-state index in [-0.39, 0.29) is 17.6 Å². The summed E-state index contributed by atoms with van der Waals surface area (Å²) in [5.74, 6) is 0.474. The van der Waals surface area contributed by atoms with Crippen LogP contribution in [0.25, 0.3) is 0 Å². The molecule has 1 aliphatic rings. The van der Waals surface area contributed by atoms with Crippen molar-refractivity contribution in [3.8, 4) is 5.75 Å². The fourth-order valence-electron chi connectivity index (χ4n) is 1.96. The van der Waals surface area contributed by atoms with Gasteiger partial charge in [0, 0.05) is 6.04 Å². The molecule has 1 saturated carbocycles. The van der Waals surface area contributed by atoms with Crippen molar-refractivity contribution in [3.63, 3.8) is 0 Å². The first-order chi connectivity index (χ1) is 7.22. The highest BCUT2D eigenvalue weighted by molar-refractivity contribution is 5.31. The molecule has 0 aliphatic heterocycles. The lowest BCUT2D eigenvalue weighted by Crippen LogP contribution is -2.26. The zero-order valence-electron chi connectivity index (χ0n) is 8.87. The lowest BCUT2D eigenvalue weighted by atomic mass is 9.77. The number of ether oxygens (including phenoxy) is 1. The van der Waals surface area contributed by atoms with Crippen LogP contribution in [0, 0.1) is 11.7 Å². The molecule has 0 heterocycles. The van der Waals surface area contributed by atoms with E-state index in [0.29, 0.717) is 5.92 Å². The summed E-state index contributed by atoms with van der Waals surface area (Å²) < 4.78 is 18.3. The molecule has 1 aromatic rings. The summed E-state index contributed by atoms with van der Waals surface area (Å²) in [5.41, 5.74) is 6.93. The molecule has 3 heteroatoms. The monoisotopic (exact) mass is 209 g/mol. The molecule has 0 bridgehead atoms. The van der Waals surface area contributed by atoms with E-state index in [1.54, 1.807) is 6.07 Å². The first kappa shape index (κ1) is 10.4. The molecule has 0 saturated heterocycles. The Bertz CT molecular complexity index is 349. The second-order valence-corrected chi connectivity index (χ2v) is 4.11. The Morgan fingerprint density at radius 2 is 2.20 bits per heavy atom. The van der Waals surface area contributed by atoms with Gasteiger partial charge in [0.15, 0.2) is 11.6 Å². The smallest absolute Gasteiger partial charge is 0.165 e. The van der Waals surface area contributed by atoms with Gasteiger partial charge in [-0.2, -0.15) is 0 Å². The van der Waals surface area contributed by atoms with E-state index in [0.717, 1.165) is 18.4 Å². The molecule has 0 amide bonds. The van der Waals surface area contributed by atoms with Crippen LogP contribution in [-0.4, -0.2) is 7.11 Å². The third-order valence-corrected chi connectivity index (χ3v) is 3.22. The average molecular weight is 209 g/mol. The molecule has 0 spiro atoms. The Morgan fingerprint density at radius 1 is 1.47 bits per heavy atom. The zero-order valence-corrected chi connectivity index (χ0v) is 8.87. The van der Waals surface area contributed by atoms with E-state index in [4.69, 9.17) is 10.5 Å². The van der Waals surface area contributed by atoms with Gasteiger partial charge < -0.3 is 10.5 Å². The van der Waals surface area contributed by atoms with Crippen LogP contribution in [0.2, 0.25) is 0 Å². The maximum absolute atomic E-state index is 13.4. The van der Waals surface area contributed by atoms with Gasteiger partial charge in [-0.05, 0) is 36.5 Å². The van der Waals surface area contributed by atoms with Gasteiger partial charge in [0.05, 0.1) is 7.11 Å².